The molecule has 0 atom stereocenters. The molecule has 44 heavy (non-hydrogen) atoms. The van der Waals surface area contributed by atoms with Crippen LogP contribution in [0.15, 0.2) is 72.8 Å². The van der Waals surface area contributed by atoms with Gasteiger partial charge in [-0.15, -0.1) is 0 Å². The van der Waals surface area contributed by atoms with Crippen molar-refractivity contribution in [2.45, 2.75) is 20.3 Å². The van der Waals surface area contributed by atoms with E-state index in [-0.39, 0.29) is 64.3 Å². The number of ether oxygens (including phenoxy) is 4. The van der Waals surface area contributed by atoms with E-state index in [0.717, 1.165) is 5.56 Å². The average molecular weight is 596 g/mol. The first kappa shape index (κ1) is 29.8. The van der Waals surface area contributed by atoms with Crippen molar-refractivity contribution < 1.29 is 38.4 Å². The highest BCUT2D eigenvalue weighted by atomic mass is 16.5. The number of carbonyl (C=O) groups excluding carboxylic acids is 2. The van der Waals surface area contributed by atoms with Crippen molar-refractivity contribution in [1.29, 1.82) is 0 Å². The van der Waals surface area contributed by atoms with E-state index in [0.29, 0.717) is 11.1 Å². The van der Waals surface area contributed by atoms with E-state index in [1.54, 1.807) is 50.2 Å². The molecule has 224 valence electrons. The summed E-state index contributed by atoms with van der Waals surface area (Å²) in [4.78, 5) is 48.9. The van der Waals surface area contributed by atoms with Crippen LogP contribution in [0, 0.1) is 6.92 Å². The third-order valence-corrected chi connectivity index (χ3v) is 6.95. The number of nitrogens with zero attached hydrogens (tertiary/aromatic N) is 3. The number of carboxylic acids is 1. The highest BCUT2D eigenvalue weighted by Crippen LogP contribution is 2.41. The largest absolute Gasteiger partial charge is 0.481 e. The lowest BCUT2D eigenvalue weighted by molar-refractivity contribution is 0.0527. The van der Waals surface area contributed by atoms with Gasteiger partial charge in [0.05, 0.1) is 38.0 Å². The van der Waals surface area contributed by atoms with Gasteiger partial charge in [-0.25, -0.2) is 9.59 Å². The van der Waals surface area contributed by atoms with Crippen LogP contribution in [-0.4, -0.2) is 58.3 Å². The van der Waals surface area contributed by atoms with Crippen LogP contribution in [0.5, 0.6) is 23.5 Å². The van der Waals surface area contributed by atoms with Crippen molar-refractivity contribution in [3.63, 3.8) is 0 Å². The molecule has 0 aliphatic heterocycles. The smallest absolute Gasteiger partial charge is 0.340 e. The molecule has 11 nitrogen and oxygen atoms in total. The molecule has 0 radical (unpaired) electrons. The second-order valence-corrected chi connectivity index (χ2v) is 9.63. The predicted molar refractivity (Wildman–Crippen MR) is 160 cm³/mol. The molecular formula is C33H29N3O8. The Balaban J connectivity index is 1.88. The van der Waals surface area contributed by atoms with Gasteiger partial charge in [0.25, 0.3) is 5.91 Å². The quantitative estimate of drug-likeness (QED) is 0.200. The number of carbonyl (C=O) groups is 3. The standard InChI is InChI=1S/C33H29N3O8/c1-5-43-32(40)26-19(2)36(30(37)21-14-10-7-11-15-21)23-17-22(16-20-12-8-6-9-13-20)29(28(27(23)26)31(38)39)44-33-34-24(41-3)18-25(35-33)42-4/h6-15,17-18H,5,16H2,1-4H3,(H,38,39). The summed E-state index contributed by atoms with van der Waals surface area (Å²) in [5.74, 6) is -2.49. The zero-order valence-electron chi connectivity index (χ0n) is 24.5. The molecule has 3 aromatic carbocycles. The summed E-state index contributed by atoms with van der Waals surface area (Å²) in [6.45, 7) is 3.25. The first-order valence-corrected chi connectivity index (χ1v) is 13.7. The van der Waals surface area contributed by atoms with E-state index in [9.17, 15) is 19.5 Å². The summed E-state index contributed by atoms with van der Waals surface area (Å²) in [5.41, 5.74) is 1.60. The summed E-state index contributed by atoms with van der Waals surface area (Å²) in [5, 5.41) is 10.7. The van der Waals surface area contributed by atoms with Gasteiger partial charge in [-0.3, -0.25) is 9.36 Å². The van der Waals surface area contributed by atoms with Gasteiger partial charge in [-0.1, -0.05) is 48.5 Å². The SMILES string of the molecule is CCOC(=O)c1c(C)n(C(=O)c2ccccc2)c2cc(Cc3ccccc3)c(Oc3nc(OC)cc(OC)n3)c(C(=O)O)c12. The van der Waals surface area contributed by atoms with Crippen molar-refractivity contribution in [2.75, 3.05) is 20.8 Å². The minimum absolute atomic E-state index is 0.0144. The normalized spacial score (nSPS) is 10.8. The third kappa shape index (κ3) is 5.67. The number of methoxy groups -OCH3 is 2. The van der Waals surface area contributed by atoms with E-state index < -0.39 is 17.8 Å². The van der Waals surface area contributed by atoms with Crippen LogP contribution in [0.2, 0.25) is 0 Å². The van der Waals surface area contributed by atoms with Gasteiger partial charge in [-0.05, 0) is 37.6 Å². The van der Waals surface area contributed by atoms with E-state index in [2.05, 4.69) is 9.97 Å². The van der Waals surface area contributed by atoms with Crippen LogP contribution in [0.25, 0.3) is 10.9 Å². The van der Waals surface area contributed by atoms with Crippen LogP contribution < -0.4 is 14.2 Å². The average Bonchev–Trinajstić information content (AvgIpc) is 3.32. The molecule has 0 saturated heterocycles. The van der Waals surface area contributed by atoms with E-state index in [1.165, 1.54) is 24.9 Å². The monoisotopic (exact) mass is 595 g/mol. The van der Waals surface area contributed by atoms with Gasteiger partial charge in [0, 0.05) is 28.6 Å². The van der Waals surface area contributed by atoms with Gasteiger partial charge in [0.1, 0.15) is 11.3 Å². The predicted octanol–water partition coefficient (Wildman–Crippen LogP) is 5.70. The number of benzene rings is 3. The summed E-state index contributed by atoms with van der Waals surface area (Å²) < 4.78 is 23.3. The maximum absolute atomic E-state index is 13.9. The minimum Gasteiger partial charge on any atom is -0.481 e. The zero-order valence-corrected chi connectivity index (χ0v) is 24.5. The summed E-state index contributed by atoms with van der Waals surface area (Å²) in [6, 6.07) is 20.7. The molecule has 0 aliphatic carbocycles. The van der Waals surface area contributed by atoms with Gasteiger partial charge < -0.3 is 24.1 Å². The molecule has 5 aromatic rings. The Kier molecular flexibility index (Phi) is 8.56. The lowest BCUT2D eigenvalue weighted by atomic mass is 9.96. The Hall–Kier alpha value is -5.71. The second kappa shape index (κ2) is 12.7. The molecule has 2 heterocycles. The van der Waals surface area contributed by atoms with Crippen LogP contribution in [0.4, 0.5) is 0 Å². The zero-order chi connectivity index (χ0) is 31.4. The van der Waals surface area contributed by atoms with Gasteiger partial charge in [-0.2, -0.15) is 9.97 Å². The molecular weight excluding hydrogens is 566 g/mol. The van der Waals surface area contributed by atoms with Crippen LogP contribution >= 0.6 is 0 Å². The molecule has 2 aromatic heterocycles. The number of hydrogen-bond acceptors (Lipinski definition) is 9. The number of esters is 1. The van der Waals surface area contributed by atoms with E-state index in [4.69, 9.17) is 18.9 Å². The van der Waals surface area contributed by atoms with Crippen LogP contribution in [0.3, 0.4) is 0 Å². The fraction of sp³-hybridized carbons (Fsp3) is 0.182. The van der Waals surface area contributed by atoms with E-state index >= 15 is 0 Å². The molecule has 1 N–H and O–H groups in total. The van der Waals surface area contributed by atoms with Gasteiger partial charge >= 0.3 is 17.9 Å². The Labute approximate surface area is 252 Å². The van der Waals surface area contributed by atoms with Crippen molar-refractivity contribution in [1.82, 2.24) is 14.5 Å². The molecule has 0 aliphatic rings. The topological polar surface area (TPSA) is 139 Å². The van der Waals surface area contributed by atoms with Crippen LogP contribution in [-0.2, 0) is 11.2 Å². The van der Waals surface area contributed by atoms with E-state index in [1.807, 2.05) is 30.3 Å². The number of aromatic nitrogens is 3. The summed E-state index contributed by atoms with van der Waals surface area (Å²) >= 11 is 0. The number of hydrogen-bond donors (Lipinski definition) is 1. The lowest BCUT2D eigenvalue weighted by Crippen LogP contribution is -2.15. The van der Waals surface area contributed by atoms with Crippen molar-refractivity contribution in [2.24, 2.45) is 0 Å². The summed E-state index contributed by atoms with van der Waals surface area (Å²) in [6.07, 6.45) is 0.214. The number of rotatable bonds is 10. The highest BCUT2D eigenvalue weighted by Gasteiger charge is 2.33. The second-order valence-electron chi connectivity index (χ2n) is 9.63. The fourth-order valence-corrected chi connectivity index (χ4v) is 5.03. The molecule has 0 amide bonds. The Bertz CT molecular complexity index is 1850. The molecule has 5 rings (SSSR count). The number of carboxylic acid groups (broad SMARTS) is 1. The molecule has 11 heteroatoms. The molecule has 0 spiro atoms. The van der Waals surface area contributed by atoms with Gasteiger partial charge in [0.15, 0.2) is 0 Å². The van der Waals surface area contributed by atoms with Crippen molar-refractivity contribution in [3.8, 4) is 23.5 Å². The first-order valence-electron chi connectivity index (χ1n) is 13.7. The molecule has 0 saturated carbocycles. The van der Waals surface area contributed by atoms with Crippen molar-refractivity contribution >= 4 is 28.7 Å². The minimum atomic E-state index is -1.40. The first-order chi connectivity index (χ1) is 21.3. The number of fused-ring (bicyclic) bond motifs is 1. The highest BCUT2D eigenvalue weighted by molar-refractivity contribution is 6.18. The van der Waals surface area contributed by atoms with Gasteiger partial charge in [0.2, 0.25) is 11.8 Å². The Morgan fingerprint density at radius 3 is 2.05 bits per heavy atom. The maximum atomic E-state index is 13.9. The van der Waals surface area contributed by atoms with Crippen LogP contribution in [0.1, 0.15) is 54.8 Å². The maximum Gasteiger partial charge on any atom is 0.340 e. The lowest BCUT2D eigenvalue weighted by Gasteiger charge is -2.16. The molecule has 0 unspecified atom stereocenters. The Morgan fingerprint density at radius 1 is 0.864 bits per heavy atom. The molecule has 0 bridgehead atoms. The third-order valence-electron chi connectivity index (χ3n) is 6.95. The molecule has 0 fully saturated rings. The van der Waals surface area contributed by atoms with Crippen molar-refractivity contribution in [3.05, 3.63) is 106 Å². The Morgan fingerprint density at radius 2 is 1.48 bits per heavy atom. The fourth-order valence-electron chi connectivity index (χ4n) is 5.03. The summed E-state index contributed by atoms with van der Waals surface area (Å²) in [7, 11) is 2.81. The number of aromatic carboxylic acids is 1.